The van der Waals surface area contributed by atoms with Gasteiger partial charge in [0.15, 0.2) is 5.11 Å². The molecule has 280 valence electrons. The van der Waals surface area contributed by atoms with Gasteiger partial charge in [-0.05, 0) is 100 Å². The minimum Gasteiger partial charge on any atom is -0.494 e. The van der Waals surface area contributed by atoms with Gasteiger partial charge >= 0.3 is 0 Å². The van der Waals surface area contributed by atoms with E-state index in [9.17, 15) is 0 Å². The summed E-state index contributed by atoms with van der Waals surface area (Å²) < 4.78 is 12.1. The molecule has 2 rings (SSSR count). The smallest absolute Gasteiger partial charge is 0.175 e. The Balaban J connectivity index is 0.000000498. The number of quaternary nitrogens is 1. The fourth-order valence-corrected chi connectivity index (χ4v) is 6.30. The van der Waals surface area contributed by atoms with Crippen LogP contribution in [0.2, 0.25) is 0 Å². The third-order valence-electron chi connectivity index (χ3n) is 9.08. The lowest BCUT2D eigenvalue weighted by Crippen LogP contribution is -2.41. The molecule has 0 saturated heterocycles. The largest absolute Gasteiger partial charge is 0.494 e. The molecule has 2 aromatic carbocycles. The Hall–Kier alpha value is -2.31. The van der Waals surface area contributed by atoms with Crippen molar-refractivity contribution in [3.8, 4) is 11.5 Å². The molecule has 0 saturated carbocycles. The van der Waals surface area contributed by atoms with E-state index in [-0.39, 0.29) is 0 Å². The van der Waals surface area contributed by atoms with E-state index in [1.807, 2.05) is 62.4 Å². The van der Waals surface area contributed by atoms with Crippen LogP contribution in [0.5, 0.6) is 11.5 Å². The van der Waals surface area contributed by atoms with Gasteiger partial charge in [-0.15, -0.1) is 0 Å². The number of rotatable bonds is 28. The lowest BCUT2D eigenvalue weighted by atomic mass is 10.1. The molecule has 0 bridgehead atoms. The number of hydrogen-bond acceptors (Lipinski definition) is 3. The number of nitrogens with zero attached hydrogens (tertiary/aromatic N) is 1. The molecule has 0 aliphatic carbocycles. The van der Waals surface area contributed by atoms with Crippen LogP contribution in [0.25, 0.3) is 0 Å². The van der Waals surface area contributed by atoms with Gasteiger partial charge < -0.3 is 24.6 Å². The molecule has 0 radical (unpaired) electrons. The summed E-state index contributed by atoms with van der Waals surface area (Å²) in [6, 6.07) is 15.3. The van der Waals surface area contributed by atoms with E-state index in [1.54, 1.807) is 0 Å². The summed E-state index contributed by atoms with van der Waals surface area (Å²) in [6.45, 7) is 12.6. The van der Waals surface area contributed by atoms with Crippen molar-refractivity contribution in [1.29, 1.82) is 0 Å². The van der Waals surface area contributed by atoms with Crippen LogP contribution < -0.4 is 20.1 Å². The van der Waals surface area contributed by atoms with Gasteiger partial charge in [0, 0.05) is 11.4 Å². The van der Waals surface area contributed by atoms with E-state index in [4.69, 9.17) is 21.7 Å². The van der Waals surface area contributed by atoms with Crippen LogP contribution in [-0.4, -0.2) is 50.0 Å². The summed E-state index contributed by atoms with van der Waals surface area (Å²) in [5, 5.41) is 6.80. The van der Waals surface area contributed by atoms with Gasteiger partial charge in [-0.25, -0.2) is 0 Å². The van der Waals surface area contributed by atoms with Crippen molar-refractivity contribution < 1.29 is 14.0 Å². The van der Waals surface area contributed by atoms with Crippen LogP contribution in [0.15, 0.2) is 48.5 Å². The minimum absolute atomic E-state index is 0.535. The third-order valence-corrected chi connectivity index (χ3v) is 9.28. The van der Waals surface area contributed by atoms with Crippen molar-refractivity contribution in [3.05, 3.63) is 48.5 Å². The molecule has 0 amide bonds. The van der Waals surface area contributed by atoms with E-state index in [2.05, 4.69) is 38.6 Å². The fraction of sp³-hybridized carbons (Fsp3) is 0.698. The Labute approximate surface area is 308 Å². The van der Waals surface area contributed by atoms with Crippen molar-refractivity contribution in [2.45, 2.75) is 156 Å². The molecule has 0 spiro atoms. The molecular formula is C43H76N3O2S+. The lowest BCUT2D eigenvalue weighted by molar-refractivity contribution is -0.890. The number of unbranched alkanes of at least 4 members (excludes halogenated alkanes) is 18. The van der Waals surface area contributed by atoms with Gasteiger partial charge in [0.25, 0.3) is 0 Å². The summed E-state index contributed by atoms with van der Waals surface area (Å²) in [6.07, 6.45) is 29.0. The van der Waals surface area contributed by atoms with Crippen molar-refractivity contribution >= 4 is 28.7 Å². The number of nitrogens with one attached hydrogen (secondary N) is 2. The van der Waals surface area contributed by atoms with Gasteiger partial charge in [-0.3, -0.25) is 0 Å². The van der Waals surface area contributed by atoms with Crippen LogP contribution >= 0.6 is 12.2 Å². The molecule has 2 aromatic rings. The van der Waals surface area contributed by atoms with Crippen molar-refractivity contribution in [2.75, 3.05) is 51.0 Å². The maximum atomic E-state index is 5.40. The highest BCUT2D eigenvalue weighted by molar-refractivity contribution is 7.80. The van der Waals surface area contributed by atoms with E-state index in [1.165, 1.54) is 146 Å². The molecule has 2 N–H and O–H groups in total. The monoisotopic (exact) mass is 699 g/mol. The van der Waals surface area contributed by atoms with Crippen molar-refractivity contribution in [3.63, 3.8) is 0 Å². The molecule has 6 heteroatoms. The number of ether oxygens (including phenoxy) is 2. The molecule has 0 fully saturated rings. The molecular weight excluding hydrogens is 623 g/mol. The summed E-state index contributed by atoms with van der Waals surface area (Å²) in [4.78, 5) is 0. The second-order valence-electron chi connectivity index (χ2n) is 14.2. The zero-order chi connectivity index (χ0) is 35.8. The summed E-state index contributed by atoms with van der Waals surface area (Å²) >= 11 is 5.30. The van der Waals surface area contributed by atoms with E-state index < -0.39 is 0 Å². The molecule has 5 nitrogen and oxygen atoms in total. The average Bonchev–Trinajstić information content (AvgIpc) is 3.09. The Kier molecular flexibility index (Phi) is 27.8. The SMILES string of the molecule is CCCCCCCCCCCC[N+](C)(C)CCCCCCCCCCCC.CCOc1ccc(NC(=S)Nc2ccc(OCC)cc2)cc1. The first-order chi connectivity index (χ1) is 23.8. The highest BCUT2D eigenvalue weighted by Gasteiger charge is 2.13. The first-order valence-corrected chi connectivity index (χ1v) is 20.6. The second-order valence-corrected chi connectivity index (χ2v) is 14.6. The van der Waals surface area contributed by atoms with Gasteiger partial charge in [-0.1, -0.05) is 117 Å². The topological polar surface area (TPSA) is 42.5 Å². The van der Waals surface area contributed by atoms with Crippen LogP contribution in [0.1, 0.15) is 156 Å². The molecule has 0 atom stereocenters. The van der Waals surface area contributed by atoms with Crippen LogP contribution in [0.4, 0.5) is 11.4 Å². The van der Waals surface area contributed by atoms with E-state index in [0.717, 1.165) is 22.9 Å². The predicted octanol–water partition coefficient (Wildman–Crippen LogP) is 13.2. The Bertz CT molecular complexity index is 947. The number of thiocarbonyl (C=S) groups is 1. The Morgan fingerprint density at radius 3 is 1.04 bits per heavy atom. The highest BCUT2D eigenvalue weighted by Crippen LogP contribution is 2.19. The van der Waals surface area contributed by atoms with Crippen LogP contribution in [0.3, 0.4) is 0 Å². The first kappa shape index (κ1) is 44.7. The molecule has 0 aliphatic rings. The van der Waals surface area contributed by atoms with Gasteiger partial charge in [0.1, 0.15) is 11.5 Å². The fourth-order valence-electron chi connectivity index (χ4n) is 6.06. The van der Waals surface area contributed by atoms with Crippen LogP contribution in [0, 0.1) is 0 Å². The van der Waals surface area contributed by atoms with Gasteiger partial charge in [0.05, 0.1) is 40.4 Å². The van der Waals surface area contributed by atoms with Crippen molar-refractivity contribution in [2.24, 2.45) is 0 Å². The Morgan fingerprint density at radius 1 is 0.469 bits per heavy atom. The zero-order valence-corrected chi connectivity index (χ0v) is 33.6. The van der Waals surface area contributed by atoms with Gasteiger partial charge in [0.2, 0.25) is 0 Å². The quantitative estimate of drug-likeness (QED) is 0.0526. The lowest BCUT2D eigenvalue weighted by Gasteiger charge is -2.30. The normalized spacial score (nSPS) is 11.1. The standard InChI is InChI=1S/C26H56N.C17H20N2O2S/c1-5-7-9-11-13-15-17-19-21-23-25-27(3,4)26-24-22-20-18-16-14-12-10-8-6-2;1-3-20-15-9-5-13(6-10-15)18-17(22)19-14-7-11-16(12-8-14)21-4-2/h5-26H2,1-4H3;5-12H,3-4H2,1-2H3,(H2,18,19,22)/q+1;. The van der Waals surface area contributed by atoms with Crippen molar-refractivity contribution in [1.82, 2.24) is 0 Å². The maximum absolute atomic E-state index is 5.40. The molecule has 0 aliphatic heterocycles. The summed E-state index contributed by atoms with van der Waals surface area (Å²) in [5.74, 6) is 1.69. The zero-order valence-electron chi connectivity index (χ0n) is 32.8. The predicted molar refractivity (Wildman–Crippen MR) is 221 cm³/mol. The Morgan fingerprint density at radius 2 is 0.755 bits per heavy atom. The third kappa shape index (κ3) is 26.2. The average molecular weight is 699 g/mol. The maximum Gasteiger partial charge on any atom is 0.175 e. The molecule has 0 aromatic heterocycles. The summed E-state index contributed by atoms with van der Waals surface area (Å²) in [5.41, 5.74) is 1.82. The number of hydrogen-bond donors (Lipinski definition) is 2. The number of benzene rings is 2. The minimum atomic E-state index is 0.535. The molecule has 0 unspecified atom stereocenters. The van der Waals surface area contributed by atoms with E-state index >= 15 is 0 Å². The number of anilines is 2. The van der Waals surface area contributed by atoms with E-state index in [0.29, 0.717) is 18.3 Å². The van der Waals surface area contributed by atoms with Crippen LogP contribution in [-0.2, 0) is 0 Å². The van der Waals surface area contributed by atoms with Gasteiger partial charge in [-0.2, -0.15) is 0 Å². The first-order valence-electron chi connectivity index (χ1n) is 20.2. The molecule has 49 heavy (non-hydrogen) atoms. The highest BCUT2D eigenvalue weighted by atomic mass is 32.1. The molecule has 0 heterocycles. The summed E-state index contributed by atoms with van der Waals surface area (Å²) in [7, 11) is 4.89. The second kappa shape index (κ2) is 30.5.